The molecule has 0 heterocycles. The Balaban J connectivity index is 0. The third-order valence-electron chi connectivity index (χ3n) is 8.28. The Kier molecular flexibility index (Phi) is 29.6. The molecule has 0 fully saturated rings. The molecule has 3 aromatic carbocycles. The molecule has 0 N–H and O–H groups in total. The van der Waals surface area contributed by atoms with E-state index < -0.39 is 30.6 Å². The summed E-state index contributed by atoms with van der Waals surface area (Å²) in [7, 11) is -3.93. The van der Waals surface area contributed by atoms with Gasteiger partial charge in [0.05, 0.1) is 0 Å². The molecule has 246 valence electrons. The van der Waals surface area contributed by atoms with Crippen molar-refractivity contribution in [2.45, 2.75) is 53.1 Å². The molecule has 3 rings (SSSR count). The zero-order valence-corrected chi connectivity index (χ0v) is 43.8. The number of rotatable bonds is 18. The van der Waals surface area contributed by atoms with Gasteiger partial charge < -0.3 is 46.1 Å². The number of hydrogen-bond donors (Lipinski definition) is 0. The van der Waals surface area contributed by atoms with Crippen molar-refractivity contribution < 1.29 is 245 Å². The monoisotopic (exact) mass is 802 g/mol. The van der Waals surface area contributed by atoms with Crippen LogP contribution in [0.1, 0.15) is 57.4 Å². The summed E-state index contributed by atoms with van der Waals surface area (Å²) in [4.78, 5) is 52.2. The van der Waals surface area contributed by atoms with E-state index in [4.69, 9.17) is 0 Å². The molecule has 0 bridgehead atoms. The first-order valence-electron chi connectivity index (χ1n) is 15.0. The van der Waals surface area contributed by atoms with Crippen molar-refractivity contribution in [2.24, 2.45) is 0 Å². The van der Waals surface area contributed by atoms with Gasteiger partial charge in [-0.3, -0.25) is 9.69 Å². The molecule has 0 amide bonds. The van der Waals surface area contributed by atoms with Crippen molar-refractivity contribution in [3.8, 4) is 0 Å². The molecule has 0 saturated heterocycles. The first-order valence-corrected chi connectivity index (χ1v) is 16.7. The molecule has 0 unspecified atom stereocenters. The van der Waals surface area contributed by atoms with E-state index in [1.54, 1.807) is 84.3 Å². The van der Waals surface area contributed by atoms with E-state index in [1.165, 1.54) is 0 Å². The molecule has 0 aliphatic carbocycles. The fourth-order valence-electron chi connectivity index (χ4n) is 5.67. The number of benzene rings is 3. The summed E-state index contributed by atoms with van der Waals surface area (Å²) >= 11 is 0. The van der Waals surface area contributed by atoms with Gasteiger partial charge in [-0.05, 0) is 67.9 Å². The molecule has 50 heavy (non-hydrogen) atoms. The Hall–Kier alpha value is 2.44. The Morgan fingerprint density at radius 1 is 0.600 bits per heavy atom. The summed E-state index contributed by atoms with van der Waals surface area (Å²) in [5, 5.41) is 34.6. The number of aliphatic carboxylic acids is 3. The quantitative estimate of drug-likeness (QED) is 0.0687. The predicted molar refractivity (Wildman–Crippen MR) is 170 cm³/mol. The van der Waals surface area contributed by atoms with Gasteiger partial charge in [0.25, 0.3) is 0 Å². The van der Waals surface area contributed by atoms with Crippen molar-refractivity contribution in [1.82, 2.24) is 9.80 Å². The summed E-state index contributed by atoms with van der Waals surface area (Å²) in [5.41, 5.74) is 2.91. The van der Waals surface area contributed by atoms with Crippen molar-refractivity contribution in [1.29, 1.82) is 0 Å². The first kappa shape index (κ1) is 54.5. The molecule has 0 saturated carbocycles. The van der Waals surface area contributed by atoms with Crippen LogP contribution in [0.2, 0.25) is 0 Å². The van der Waals surface area contributed by atoms with Gasteiger partial charge in [0.1, 0.15) is 0 Å². The van der Waals surface area contributed by atoms with Crippen LogP contribution < -0.4 is 231 Å². The van der Waals surface area contributed by atoms with E-state index in [2.05, 4.69) is 6.92 Å². The number of carbonyl (C=O) groups is 4. The molecular formula is C35H39K4N2O8P. The second-order valence-corrected chi connectivity index (χ2v) is 13.9. The molecule has 15 heteroatoms. The average Bonchev–Trinajstić information content (AvgIpc) is 3.03. The Labute approximate surface area is 465 Å². The number of nitrogens with zero attached hydrogens (tertiary/aromatic N) is 2. The Morgan fingerprint density at radius 3 is 1.28 bits per heavy atom. The van der Waals surface area contributed by atoms with Crippen LogP contribution in [0.15, 0.2) is 60.7 Å². The summed E-state index contributed by atoms with van der Waals surface area (Å²) in [5.74, 6) is -3.80. The third-order valence-corrected chi connectivity index (χ3v) is 11.1. The van der Waals surface area contributed by atoms with Gasteiger partial charge in [-0.15, -0.1) is 6.54 Å². The van der Waals surface area contributed by atoms with E-state index in [-0.39, 0.29) is 270 Å². The van der Waals surface area contributed by atoms with Crippen molar-refractivity contribution in [3.05, 3.63) is 101 Å². The third kappa shape index (κ3) is 15.4. The summed E-state index contributed by atoms with van der Waals surface area (Å²) < 4.78 is 15.2. The average molecular weight is 803 g/mol. The smallest absolute Gasteiger partial charge is 0.550 e. The van der Waals surface area contributed by atoms with Gasteiger partial charge in [0.15, 0.2) is 0 Å². The zero-order valence-electron chi connectivity index (χ0n) is 30.5. The van der Waals surface area contributed by atoms with Gasteiger partial charge in [-0.2, -0.15) is 0 Å². The molecular weight excluding hydrogens is 764 g/mol. The van der Waals surface area contributed by atoms with Gasteiger partial charge in [0.2, 0.25) is 12.7 Å². The second-order valence-electron chi connectivity index (χ2n) is 11.2. The molecule has 0 aliphatic heterocycles. The maximum absolute atomic E-state index is 15.2. The minimum atomic E-state index is -3.93. The minimum absolute atomic E-state index is 0. The Bertz CT molecular complexity index is 1570. The van der Waals surface area contributed by atoms with Crippen molar-refractivity contribution in [3.63, 3.8) is 0 Å². The standard InChI is InChI=1S/C35H42N2O8P.4K/c1-5-36(19-16-31(38)39)22-29-24(2)30(23-37(20-17-32(40)41)21-18-33(42)43)26(4)34(25(29)3)35(44)46(45,27-12-8-6-9-13-27)28-14-10-7-11-15-28;;;;/h6-15H,1,5,16-23H2,2-4H3,(H,38,39)(H,40,41)(H,42,43);;;;/q-1;4*+1/p-3. The maximum Gasteiger partial charge on any atom is 1.00 e. The van der Waals surface area contributed by atoms with Gasteiger partial charge in [0, 0.05) is 66.8 Å². The normalized spacial score (nSPS) is 10.7. The molecule has 10 nitrogen and oxygen atoms in total. The number of carboxylic acid groups (broad SMARTS) is 3. The van der Waals surface area contributed by atoms with Gasteiger partial charge in [-0.1, -0.05) is 60.7 Å². The molecule has 0 radical (unpaired) electrons. The van der Waals surface area contributed by atoms with E-state index in [0.717, 1.165) is 5.56 Å². The Morgan fingerprint density at radius 2 is 0.940 bits per heavy atom. The number of hydrogen-bond acceptors (Lipinski definition) is 10. The van der Waals surface area contributed by atoms with Crippen LogP contribution in [0, 0.1) is 27.7 Å². The van der Waals surface area contributed by atoms with Gasteiger partial charge in [-0.25, -0.2) is 0 Å². The van der Waals surface area contributed by atoms with E-state index in [1.807, 2.05) is 6.92 Å². The summed E-state index contributed by atoms with van der Waals surface area (Å²) in [6.45, 7) is 10.0. The van der Waals surface area contributed by atoms with Crippen LogP contribution in [0.5, 0.6) is 0 Å². The van der Waals surface area contributed by atoms with Crippen LogP contribution in [0.4, 0.5) is 0 Å². The van der Waals surface area contributed by atoms with Crippen molar-refractivity contribution >= 4 is 41.2 Å². The van der Waals surface area contributed by atoms with Crippen LogP contribution in [-0.4, -0.2) is 59.4 Å². The molecule has 0 spiro atoms. The zero-order chi connectivity index (χ0) is 34.0. The topological polar surface area (TPSA) is 161 Å². The summed E-state index contributed by atoms with van der Waals surface area (Å²) in [6.07, 6.45) is -0.910. The first-order chi connectivity index (χ1) is 21.8. The molecule has 0 aromatic heterocycles. The number of carboxylic acids is 3. The predicted octanol–water partition coefficient (Wildman–Crippen LogP) is -11.4. The van der Waals surface area contributed by atoms with E-state index >= 15 is 4.57 Å². The van der Waals surface area contributed by atoms with Crippen LogP contribution >= 0.6 is 7.14 Å². The largest absolute Gasteiger partial charge is 1.00 e. The minimum Gasteiger partial charge on any atom is -0.550 e. The molecule has 0 aliphatic rings. The SMILES string of the molecule is [CH2-]CN(CCC(=O)[O-])Cc1c(C)c(CN(CCC(=O)[O-])CCC(=O)[O-])c(C)c(C(=O)P(=O)(c2ccccc2)c2ccccc2)c1C.[K+].[K+].[K+].[K+]. The molecule has 3 aromatic rings. The van der Waals surface area contributed by atoms with Crippen LogP contribution in [0.3, 0.4) is 0 Å². The second kappa shape index (κ2) is 27.1. The summed E-state index contributed by atoms with van der Waals surface area (Å²) in [6, 6.07) is 17.1. The number of carbonyl (C=O) groups excluding carboxylic acids is 4. The van der Waals surface area contributed by atoms with Crippen LogP contribution in [0.25, 0.3) is 0 Å². The van der Waals surface area contributed by atoms with Gasteiger partial charge >= 0.3 is 206 Å². The van der Waals surface area contributed by atoms with Crippen LogP contribution in [-0.2, 0) is 32.0 Å². The van der Waals surface area contributed by atoms with Crippen molar-refractivity contribution in [2.75, 3.05) is 26.2 Å². The fraction of sp³-hybridized carbons (Fsp3) is 0.343. The molecule has 0 atom stereocenters. The fourth-order valence-corrected chi connectivity index (χ4v) is 8.28. The maximum atomic E-state index is 15.2. The van der Waals surface area contributed by atoms with E-state index in [9.17, 15) is 34.5 Å². The van der Waals surface area contributed by atoms with E-state index in [0.29, 0.717) is 32.9 Å².